The lowest BCUT2D eigenvalue weighted by atomic mass is 9.93. The molecule has 1 atom stereocenters. The van der Waals surface area contributed by atoms with E-state index in [-0.39, 0.29) is 5.75 Å². The second kappa shape index (κ2) is 4.76. The molecule has 0 saturated carbocycles. The second-order valence-electron chi connectivity index (χ2n) is 4.49. The van der Waals surface area contributed by atoms with Gasteiger partial charge in [0.25, 0.3) is 0 Å². The van der Waals surface area contributed by atoms with Crippen LogP contribution in [0.3, 0.4) is 0 Å². The van der Waals surface area contributed by atoms with Crippen LogP contribution in [0.2, 0.25) is 0 Å². The normalized spacial score (nSPS) is 17.7. The first-order valence-electron chi connectivity index (χ1n) is 5.82. The Hall–Kier alpha value is -0.540. The molecule has 16 heavy (non-hydrogen) atoms. The summed E-state index contributed by atoms with van der Waals surface area (Å²) in [5.41, 5.74) is 3.15. The third-order valence-electron chi connectivity index (χ3n) is 3.29. The molecule has 88 valence electrons. The molecule has 0 fully saturated rings. The lowest BCUT2D eigenvalue weighted by molar-refractivity contribution is 0.193. The summed E-state index contributed by atoms with van der Waals surface area (Å²) in [6, 6.07) is 2.00. The van der Waals surface area contributed by atoms with Gasteiger partial charge >= 0.3 is 0 Å². The maximum absolute atomic E-state index is 10.0. The number of aliphatic hydroxyl groups is 1. The van der Waals surface area contributed by atoms with E-state index in [9.17, 15) is 10.2 Å². The van der Waals surface area contributed by atoms with Crippen molar-refractivity contribution in [3.05, 3.63) is 27.2 Å². The SMILES string of the molecule is CC(O)c1c(O)c(Br)cc2c1CCCCC2. The number of rotatable bonds is 1. The Kier molecular flexibility index (Phi) is 3.55. The number of halogens is 1. The highest BCUT2D eigenvalue weighted by Crippen LogP contribution is 2.39. The molecule has 0 amide bonds. The molecule has 0 radical (unpaired) electrons. The molecule has 1 unspecified atom stereocenters. The molecule has 3 heteroatoms. The van der Waals surface area contributed by atoms with E-state index in [2.05, 4.69) is 15.9 Å². The average molecular weight is 285 g/mol. The van der Waals surface area contributed by atoms with Crippen molar-refractivity contribution in [2.75, 3.05) is 0 Å². The highest BCUT2D eigenvalue weighted by atomic mass is 79.9. The summed E-state index contributed by atoms with van der Waals surface area (Å²) in [7, 11) is 0. The topological polar surface area (TPSA) is 40.5 Å². The summed E-state index contributed by atoms with van der Waals surface area (Å²) in [6.07, 6.45) is 4.98. The minimum atomic E-state index is -0.607. The highest BCUT2D eigenvalue weighted by molar-refractivity contribution is 9.10. The molecule has 0 bridgehead atoms. The van der Waals surface area contributed by atoms with E-state index >= 15 is 0 Å². The van der Waals surface area contributed by atoms with E-state index < -0.39 is 6.10 Å². The monoisotopic (exact) mass is 284 g/mol. The summed E-state index contributed by atoms with van der Waals surface area (Å²) in [4.78, 5) is 0. The van der Waals surface area contributed by atoms with E-state index in [0.29, 0.717) is 10.0 Å². The zero-order chi connectivity index (χ0) is 11.7. The van der Waals surface area contributed by atoms with Gasteiger partial charge in [-0.2, -0.15) is 0 Å². The van der Waals surface area contributed by atoms with Gasteiger partial charge in [-0.25, -0.2) is 0 Å². The standard InChI is InChI=1S/C13H17BrO2/c1-8(15)12-10-6-4-2-3-5-9(10)7-11(14)13(12)16/h7-8,15-16H,2-6H2,1H3. The Morgan fingerprint density at radius 3 is 2.62 bits per heavy atom. The summed E-state index contributed by atoms with van der Waals surface area (Å²) in [5, 5.41) is 19.8. The molecule has 0 heterocycles. The molecule has 1 aliphatic carbocycles. The van der Waals surface area contributed by atoms with Crippen LogP contribution in [0.25, 0.3) is 0 Å². The average Bonchev–Trinajstić information content (AvgIpc) is 2.44. The van der Waals surface area contributed by atoms with Crippen LogP contribution in [-0.2, 0) is 12.8 Å². The molecule has 1 aromatic rings. The molecule has 0 saturated heterocycles. The van der Waals surface area contributed by atoms with Gasteiger partial charge in [0.2, 0.25) is 0 Å². The maximum atomic E-state index is 10.0. The van der Waals surface area contributed by atoms with Gasteiger partial charge in [-0.05, 0) is 65.7 Å². The molecule has 2 N–H and O–H groups in total. The number of phenolic OH excluding ortho intramolecular Hbond substituents is 1. The Morgan fingerprint density at radius 2 is 1.94 bits per heavy atom. The van der Waals surface area contributed by atoms with Gasteiger partial charge in [0, 0.05) is 5.56 Å². The van der Waals surface area contributed by atoms with Crippen LogP contribution >= 0.6 is 15.9 Å². The van der Waals surface area contributed by atoms with Gasteiger partial charge in [-0.1, -0.05) is 6.42 Å². The van der Waals surface area contributed by atoms with Crippen molar-refractivity contribution in [2.24, 2.45) is 0 Å². The summed E-state index contributed by atoms with van der Waals surface area (Å²) >= 11 is 3.36. The smallest absolute Gasteiger partial charge is 0.135 e. The summed E-state index contributed by atoms with van der Waals surface area (Å²) in [6.45, 7) is 1.71. The van der Waals surface area contributed by atoms with E-state index in [1.165, 1.54) is 18.4 Å². The lowest BCUT2D eigenvalue weighted by Crippen LogP contribution is -2.03. The van der Waals surface area contributed by atoms with Crippen molar-refractivity contribution in [1.29, 1.82) is 0 Å². The second-order valence-corrected chi connectivity index (χ2v) is 5.35. The third kappa shape index (κ3) is 2.11. The first-order chi connectivity index (χ1) is 7.61. The predicted octanol–water partition coefficient (Wildman–Crippen LogP) is 3.48. The summed E-state index contributed by atoms with van der Waals surface area (Å²) in [5.74, 6) is 0.204. The van der Waals surface area contributed by atoms with Crippen LogP contribution in [0.4, 0.5) is 0 Å². The number of aliphatic hydroxyl groups excluding tert-OH is 1. The molecule has 0 aliphatic heterocycles. The van der Waals surface area contributed by atoms with Gasteiger partial charge in [0.05, 0.1) is 10.6 Å². The third-order valence-corrected chi connectivity index (χ3v) is 3.89. The first kappa shape index (κ1) is 11.9. The van der Waals surface area contributed by atoms with Crippen molar-refractivity contribution in [2.45, 2.75) is 45.1 Å². The quantitative estimate of drug-likeness (QED) is 0.776. The van der Waals surface area contributed by atoms with Crippen molar-refractivity contribution in [3.63, 3.8) is 0 Å². The highest BCUT2D eigenvalue weighted by Gasteiger charge is 2.20. The number of hydrogen-bond donors (Lipinski definition) is 2. The first-order valence-corrected chi connectivity index (χ1v) is 6.61. The molecule has 0 spiro atoms. The fraction of sp³-hybridized carbons (Fsp3) is 0.538. The van der Waals surface area contributed by atoms with Crippen LogP contribution in [-0.4, -0.2) is 10.2 Å². The minimum absolute atomic E-state index is 0.204. The molecule has 2 rings (SSSR count). The maximum Gasteiger partial charge on any atom is 0.135 e. The minimum Gasteiger partial charge on any atom is -0.506 e. The Labute approximate surface area is 104 Å². The molecule has 1 aromatic carbocycles. The van der Waals surface area contributed by atoms with Crippen LogP contribution in [0.5, 0.6) is 5.75 Å². The molecule has 0 aromatic heterocycles. The summed E-state index contributed by atoms with van der Waals surface area (Å²) < 4.78 is 0.698. The number of phenols is 1. The molecule has 2 nitrogen and oxygen atoms in total. The van der Waals surface area contributed by atoms with Crippen molar-refractivity contribution in [1.82, 2.24) is 0 Å². The number of hydrogen-bond acceptors (Lipinski definition) is 2. The van der Waals surface area contributed by atoms with Crippen LogP contribution in [0, 0.1) is 0 Å². The van der Waals surface area contributed by atoms with E-state index in [1.54, 1.807) is 6.92 Å². The fourth-order valence-corrected chi connectivity index (χ4v) is 3.01. The van der Waals surface area contributed by atoms with Gasteiger partial charge in [-0.15, -0.1) is 0 Å². The van der Waals surface area contributed by atoms with E-state index in [4.69, 9.17) is 0 Å². The van der Waals surface area contributed by atoms with Gasteiger partial charge in [0.15, 0.2) is 0 Å². The predicted molar refractivity (Wildman–Crippen MR) is 67.7 cm³/mol. The molecule has 1 aliphatic rings. The van der Waals surface area contributed by atoms with Crippen molar-refractivity contribution in [3.8, 4) is 5.75 Å². The van der Waals surface area contributed by atoms with E-state index in [1.807, 2.05) is 6.07 Å². The van der Waals surface area contributed by atoms with Crippen molar-refractivity contribution < 1.29 is 10.2 Å². The zero-order valence-corrected chi connectivity index (χ0v) is 11.0. The fourth-order valence-electron chi connectivity index (χ4n) is 2.52. The molecular formula is C13H17BrO2. The van der Waals surface area contributed by atoms with Crippen molar-refractivity contribution >= 4 is 15.9 Å². The van der Waals surface area contributed by atoms with Crippen LogP contribution < -0.4 is 0 Å². The Bertz CT molecular complexity index is 399. The number of aryl methyl sites for hydroxylation is 1. The van der Waals surface area contributed by atoms with Crippen LogP contribution in [0.1, 0.15) is 49.0 Å². The largest absolute Gasteiger partial charge is 0.506 e. The van der Waals surface area contributed by atoms with Gasteiger partial charge in [0.1, 0.15) is 5.75 Å². The Morgan fingerprint density at radius 1 is 1.25 bits per heavy atom. The Balaban J connectivity index is 2.60. The lowest BCUT2D eigenvalue weighted by Gasteiger charge is -2.17. The van der Waals surface area contributed by atoms with E-state index in [0.717, 1.165) is 24.8 Å². The van der Waals surface area contributed by atoms with Gasteiger partial charge < -0.3 is 10.2 Å². The van der Waals surface area contributed by atoms with Crippen LogP contribution in [0.15, 0.2) is 10.5 Å². The molecular weight excluding hydrogens is 268 g/mol. The van der Waals surface area contributed by atoms with Gasteiger partial charge in [-0.3, -0.25) is 0 Å². The zero-order valence-electron chi connectivity index (χ0n) is 9.46. The number of benzene rings is 1. The number of fused-ring (bicyclic) bond motifs is 1. The number of aromatic hydroxyl groups is 1.